The molecule has 0 fully saturated rings. The van der Waals surface area contributed by atoms with E-state index in [1.807, 2.05) is 13.0 Å². The first-order chi connectivity index (χ1) is 17.8. The van der Waals surface area contributed by atoms with Gasteiger partial charge in [0.25, 0.3) is 0 Å². The van der Waals surface area contributed by atoms with E-state index in [1.165, 1.54) is 7.11 Å². The molecule has 0 bridgehead atoms. The fourth-order valence-electron chi connectivity index (χ4n) is 3.90. The largest absolute Gasteiger partial charge is 0.490 e. The molecule has 3 aromatic carbocycles. The smallest absolute Gasteiger partial charge is 0.338 e. The van der Waals surface area contributed by atoms with Crippen LogP contribution in [0.1, 0.15) is 29.7 Å². The van der Waals surface area contributed by atoms with Crippen LogP contribution < -0.4 is 20.1 Å². The van der Waals surface area contributed by atoms with Crippen LogP contribution in [0.15, 0.2) is 66.2 Å². The highest BCUT2D eigenvalue weighted by molar-refractivity contribution is 7.80. The van der Waals surface area contributed by atoms with E-state index >= 15 is 0 Å². The quantitative estimate of drug-likeness (QED) is 0.227. The van der Waals surface area contributed by atoms with Gasteiger partial charge in [-0.15, -0.1) is 0 Å². The van der Waals surface area contributed by atoms with Gasteiger partial charge in [0.05, 0.1) is 31.0 Å². The summed E-state index contributed by atoms with van der Waals surface area (Å²) in [5.41, 5.74) is 3.02. The average Bonchev–Trinajstić information content (AvgIpc) is 2.88. The van der Waals surface area contributed by atoms with E-state index in [4.69, 9.17) is 61.2 Å². The predicted molar refractivity (Wildman–Crippen MR) is 150 cm³/mol. The number of hydrogen-bond acceptors (Lipinski definition) is 5. The Bertz CT molecular complexity index is 1340. The first-order valence-electron chi connectivity index (χ1n) is 11.3. The van der Waals surface area contributed by atoms with Crippen LogP contribution in [0.2, 0.25) is 15.1 Å². The number of carbonyl (C=O) groups is 1. The number of methoxy groups -OCH3 is 1. The summed E-state index contributed by atoms with van der Waals surface area (Å²) in [6, 6.07) is 17.2. The second-order valence-electron chi connectivity index (χ2n) is 7.95. The van der Waals surface area contributed by atoms with Gasteiger partial charge in [0, 0.05) is 20.6 Å². The maximum Gasteiger partial charge on any atom is 0.338 e. The van der Waals surface area contributed by atoms with Crippen molar-refractivity contribution >= 4 is 63.8 Å². The van der Waals surface area contributed by atoms with Crippen molar-refractivity contribution in [3.63, 3.8) is 0 Å². The van der Waals surface area contributed by atoms with Crippen LogP contribution in [0, 0.1) is 0 Å². The van der Waals surface area contributed by atoms with Gasteiger partial charge in [-0.25, -0.2) is 4.79 Å². The molecule has 0 amide bonds. The summed E-state index contributed by atoms with van der Waals surface area (Å²) in [7, 11) is 1.33. The Morgan fingerprint density at radius 1 is 0.973 bits per heavy atom. The Morgan fingerprint density at radius 3 is 2.32 bits per heavy atom. The molecule has 0 saturated carbocycles. The molecule has 0 aliphatic carbocycles. The van der Waals surface area contributed by atoms with Crippen molar-refractivity contribution < 1.29 is 19.0 Å². The van der Waals surface area contributed by atoms with Crippen LogP contribution in [0.4, 0.5) is 0 Å². The highest BCUT2D eigenvalue weighted by Crippen LogP contribution is 2.37. The minimum atomic E-state index is -0.613. The summed E-state index contributed by atoms with van der Waals surface area (Å²) in [5, 5.41) is 8.22. The number of benzene rings is 3. The van der Waals surface area contributed by atoms with Crippen LogP contribution in [0.25, 0.3) is 5.70 Å². The average molecular weight is 578 g/mol. The summed E-state index contributed by atoms with van der Waals surface area (Å²) in [5.74, 6) is 0.482. The van der Waals surface area contributed by atoms with Crippen molar-refractivity contribution in [2.45, 2.75) is 19.6 Å². The predicted octanol–water partition coefficient (Wildman–Crippen LogP) is 6.73. The van der Waals surface area contributed by atoms with Gasteiger partial charge in [-0.3, -0.25) is 0 Å². The lowest BCUT2D eigenvalue weighted by Crippen LogP contribution is -2.45. The molecular formula is C27H23Cl3N2O4S. The van der Waals surface area contributed by atoms with Crippen molar-refractivity contribution in [3.8, 4) is 11.5 Å². The van der Waals surface area contributed by atoms with Gasteiger partial charge in [0.15, 0.2) is 16.6 Å². The number of esters is 1. The number of carbonyl (C=O) groups excluding carboxylic acids is 1. The summed E-state index contributed by atoms with van der Waals surface area (Å²) >= 11 is 24.1. The number of rotatable bonds is 8. The Morgan fingerprint density at radius 2 is 1.68 bits per heavy atom. The molecule has 10 heteroatoms. The van der Waals surface area contributed by atoms with Crippen LogP contribution in [-0.2, 0) is 16.1 Å². The molecule has 0 radical (unpaired) electrons. The third-order valence-corrected chi connectivity index (χ3v) is 6.82. The Hall–Kier alpha value is -2.97. The summed E-state index contributed by atoms with van der Waals surface area (Å²) < 4.78 is 17.0. The van der Waals surface area contributed by atoms with Crippen LogP contribution in [-0.4, -0.2) is 24.8 Å². The molecule has 1 heterocycles. The fourth-order valence-corrected chi connectivity index (χ4v) is 4.75. The number of halogens is 3. The molecular weight excluding hydrogens is 555 g/mol. The zero-order valence-corrected chi connectivity index (χ0v) is 23.0. The monoisotopic (exact) mass is 576 g/mol. The molecule has 0 unspecified atom stereocenters. The highest BCUT2D eigenvalue weighted by Gasteiger charge is 2.33. The van der Waals surface area contributed by atoms with Gasteiger partial charge in [-0.05, 0) is 66.7 Å². The third kappa shape index (κ3) is 6.13. The van der Waals surface area contributed by atoms with Crippen molar-refractivity contribution in [1.29, 1.82) is 0 Å². The van der Waals surface area contributed by atoms with Crippen molar-refractivity contribution in [1.82, 2.24) is 10.6 Å². The lowest BCUT2D eigenvalue weighted by Gasteiger charge is -2.31. The molecule has 1 atom stereocenters. The lowest BCUT2D eigenvalue weighted by molar-refractivity contribution is -0.136. The molecule has 0 spiro atoms. The zero-order chi connectivity index (χ0) is 26.5. The minimum Gasteiger partial charge on any atom is -0.490 e. The number of hydrogen-bond donors (Lipinski definition) is 2. The number of ether oxygens (including phenoxy) is 3. The van der Waals surface area contributed by atoms with Gasteiger partial charge in [0.1, 0.15) is 6.61 Å². The molecule has 37 heavy (non-hydrogen) atoms. The second-order valence-corrected chi connectivity index (χ2v) is 9.61. The first kappa shape index (κ1) is 27.1. The molecule has 4 rings (SSSR count). The lowest BCUT2D eigenvalue weighted by atomic mass is 9.92. The van der Waals surface area contributed by atoms with Crippen LogP contribution in [0.5, 0.6) is 11.5 Å². The van der Waals surface area contributed by atoms with Gasteiger partial charge in [0.2, 0.25) is 0 Å². The van der Waals surface area contributed by atoms with Gasteiger partial charge < -0.3 is 24.8 Å². The molecule has 192 valence electrons. The van der Waals surface area contributed by atoms with Crippen LogP contribution >= 0.6 is 47.0 Å². The molecule has 0 aromatic heterocycles. The second kappa shape index (κ2) is 12.0. The van der Waals surface area contributed by atoms with E-state index in [1.54, 1.807) is 54.6 Å². The summed E-state index contributed by atoms with van der Waals surface area (Å²) in [6.45, 7) is 2.43. The molecule has 2 N–H and O–H groups in total. The molecule has 0 saturated heterocycles. The topological polar surface area (TPSA) is 68.8 Å². The molecule has 6 nitrogen and oxygen atoms in total. The Labute approximate surface area is 235 Å². The van der Waals surface area contributed by atoms with Crippen molar-refractivity contribution in [2.75, 3.05) is 13.7 Å². The normalized spacial score (nSPS) is 15.1. The summed E-state index contributed by atoms with van der Waals surface area (Å²) in [6.07, 6.45) is 0. The Kier molecular flexibility index (Phi) is 8.82. The van der Waals surface area contributed by atoms with Crippen molar-refractivity contribution in [2.24, 2.45) is 0 Å². The van der Waals surface area contributed by atoms with E-state index in [2.05, 4.69) is 10.6 Å². The van der Waals surface area contributed by atoms with Gasteiger partial charge in [-0.1, -0.05) is 59.1 Å². The SMILES string of the molecule is CCOc1cc([C@@H]2NC(=S)NC(c3ccc(Cl)cc3)=C2C(=O)OC)ccc1OCc1c(Cl)cccc1Cl. The van der Waals surface area contributed by atoms with E-state index in [0.29, 0.717) is 55.1 Å². The fraction of sp³-hybridized carbons (Fsp3) is 0.185. The molecule has 3 aromatic rings. The summed E-state index contributed by atoms with van der Waals surface area (Å²) in [4.78, 5) is 13.0. The maximum atomic E-state index is 13.0. The van der Waals surface area contributed by atoms with Crippen molar-refractivity contribution in [3.05, 3.63) is 98.0 Å². The van der Waals surface area contributed by atoms with E-state index < -0.39 is 12.0 Å². The Balaban J connectivity index is 1.73. The molecule has 1 aliphatic rings. The zero-order valence-electron chi connectivity index (χ0n) is 19.9. The molecule has 1 aliphatic heterocycles. The third-order valence-electron chi connectivity index (χ3n) is 5.64. The van der Waals surface area contributed by atoms with Gasteiger partial charge in [-0.2, -0.15) is 0 Å². The van der Waals surface area contributed by atoms with Gasteiger partial charge >= 0.3 is 5.97 Å². The van der Waals surface area contributed by atoms with E-state index in [0.717, 1.165) is 11.1 Å². The standard InChI is InChI=1S/C27H23Cl3N2O4S/c1-3-35-22-13-16(9-12-21(22)36-14-18-19(29)5-4-6-20(18)30)25-23(26(33)34-2)24(31-27(37)32-25)15-7-10-17(28)11-8-15/h4-13,25H,3,14H2,1-2H3,(H2,31,32,37)/t25-/m0/s1. The highest BCUT2D eigenvalue weighted by atomic mass is 35.5. The number of nitrogens with one attached hydrogen (secondary N) is 2. The van der Waals surface area contributed by atoms with E-state index in [9.17, 15) is 4.79 Å². The maximum absolute atomic E-state index is 13.0. The first-order valence-corrected chi connectivity index (χ1v) is 12.8. The number of thiocarbonyl (C=S) groups is 1. The van der Waals surface area contributed by atoms with E-state index in [-0.39, 0.29) is 6.61 Å². The van der Waals surface area contributed by atoms with Crippen LogP contribution in [0.3, 0.4) is 0 Å². The minimum absolute atomic E-state index is 0.154.